The first-order valence-corrected chi connectivity index (χ1v) is 10.9. The van der Waals surface area contributed by atoms with Gasteiger partial charge in [0.25, 0.3) is 0 Å². The smallest absolute Gasteiger partial charge is 0.193 e. The number of hydrogen-bond donors (Lipinski definition) is 0. The first kappa shape index (κ1) is 21.4. The van der Waals surface area contributed by atoms with Crippen LogP contribution in [0.4, 0.5) is 0 Å². The minimum absolute atomic E-state index is 0.104. The van der Waals surface area contributed by atoms with Crippen LogP contribution in [-0.4, -0.2) is 25.8 Å². The van der Waals surface area contributed by atoms with Gasteiger partial charge in [-0.3, -0.25) is 9.59 Å². The molecule has 0 fully saturated rings. The Morgan fingerprint density at radius 1 is 0.471 bits per heavy atom. The summed E-state index contributed by atoms with van der Waals surface area (Å²) in [6.45, 7) is 0. The lowest BCUT2D eigenvalue weighted by Crippen LogP contribution is -2.06. The molecule has 5 aromatic rings. The number of fused-ring (bicyclic) bond motifs is 2. The Morgan fingerprint density at radius 3 is 1.18 bits per heavy atom. The van der Waals surface area contributed by atoms with Crippen LogP contribution < -0.4 is 9.47 Å². The van der Waals surface area contributed by atoms with Crippen LogP contribution >= 0.6 is 0 Å². The molecule has 0 aliphatic rings. The maximum atomic E-state index is 13.3. The van der Waals surface area contributed by atoms with Gasteiger partial charge in [0.05, 0.1) is 14.2 Å². The van der Waals surface area contributed by atoms with Crippen molar-refractivity contribution in [2.75, 3.05) is 14.2 Å². The van der Waals surface area contributed by atoms with E-state index in [-0.39, 0.29) is 11.6 Å². The maximum Gasteiger partial charge on any atom is 0.193 e. The first-order valence-electron chi connectivity index (χ1n) is 10.9. The van der Waals surface area contributed by atoms with E-state index in [1.54, 1.807) is 50.6 Å². The zero-order valence-electron chi connectivity index (χ0n) is 18.9. The molecule has 166 valence electrons. The van der Waals surface area contributed by atoms with Crippen molar-refractivity contribution in [1.82, 2.24) is 0 Å². The van der Waals surface area contributed by atoms with Gasteiger partial charge in [-0.2, -0.15) is 0 Å². The lowest BCUT2D eigenvalue weighted by atomic mass is 9.94. The van der Waals surface area contributed by atoms with Crippen LogP contribution in [0.2, 0.25) is 0 Å². The summed E-state index contributed by atoms with van der Waals surface area (Å²) in [5.74, 6) is 1.24. The molecule has 0 heterocycles. The van der Waals surface area contributed by atoms with Gasteiger partial charge in [0.2, 0.25) is 0 Å². The third-order valence-corrected chi connectivity index (χ3v) is 6.11. The van der Waals surface area contributed by atoms with Crippen LogP contribution in [0.3, 0.4) is 0 Å². The Morgan fingerprint density at radius 2 is 0.824 bits per heavy atom. The molecular formula is C30H22O4. The number of carbonyl (C=O) groups is 2. The Labute approximate surface area is 197 Å². The van der Waals surface area contributed by atoms with Gasteiger partial charge >= 0.3 is 0 Å². The van der Waals surface area contributed by atoms with Crippen LogP contribution in [0.1, 0.15) is 31.8 Å². The van der Waals surface area contributed by atoms with Gasteiger partial charge < -0.3 is 9.47 Å². The van der Waals surface area contributed by atoms with Crippen molar-refractivity contribution in [3.8, 4) is 11.5 Å². The molecule has 0 spiro atoms. The predicted molar refractivity (Wildman–Crippen MR) is 134 cm³/mol. The fourth-order valence-corrected chi connectivity index (χ4v) is 4.38. The average Bonchev–Trinajstić information content (AvgIpc) is 2.91. The highest BCUT2D eigenvalue weighted by Crippen LogP contribution is 2.31. The van der Waals surface area contributed by atoms with Crippen molar-refractivity contribution in [2.24, 2.45) is 0 Å². The molecule has 0 unspecified atom stereocenters. The lowest BCUT2D eigenvalue weighted by molar-refractivity contribution is 0.102. The molecule has 0 saturated carbocycles. The number of benzene rings is 5. The fraction of sp³-hybridized carbons (Fsp3) is 0.0667. The maximum absolute atomic E-state index is 13.3. The lowest BCUT2D eigenvalue weighted by Gasteiger charge is -2.11. The molecule has 0 N–H and O–H groups in total. The molecule has 0 aliphatic carbocycles. The standard InChI is InChI=1S/C30H22O4/c1-33-27-17-15-25(21-7-3-5-9-23(21)27)29(31)19-11-13-20(14-12-19)30(32)26-16-18-28(34-2)24-10-6-4-8-22(24)26/h3-18H,1-2H3. The van der Waals surface area contributed by atoms with E-state index in [1.165, 1.54) is 0 Å². The van der Waals surface area contributed by atoms with Crippen molar-refractivity contribution in [3.63, 3.8) is 0 Å². The number of hydrogen-bond acceptors (Lipinski definition) is 4. The third-order valence-electron chi connectivity index (χ3n) is 6.11. The Hall–Kier alpha value is -4.44. The van der Waals surface area contributed by atoms with Gasteiger partial charge in [-0.1, -0.05) is 72.8 Å². The van der Waals surface area contributed by atoms with E-state index in [4.69, 9.17) is 9.47 Å². The number of ether oxygens (including phenoxy) is 2. The fourth-order valence-electron chi connectivity index (χ4n) is 4.38. The summed E-state index contributed by atoms with van der Waals surface area (Å²) in [5, 5.41) is 3.43. The van der Waals surface area contributed by atoms with Crippen molar-refractivity contribution < 1.29 is 19.1 Å². The zero-order valence-corrected chi connectivity index (χ0v) is 18.9. The van der Waals surface area contributed by atoms with Gasteiger partial charge in [0.1, 0.15) is 11.5 Å². The second-order valence-corrected chi connectivity index (χ2v) is 7.96. The molecule has 5 aromatic carbocycles. The second kappa shape index (κ2) is 8.83. The molecule has 0 radical (unpaired) electrons. The van der Waals surface area contributed by atoms with Gasteiger partial charge in [-0.25, -0.2) is 0 Å². The SMILES string of the molecule is COc1ccc(C(=O)c2ccc(C(=O)c3ccc(OC)c4ccccc34)cc2)c2ccccc12. The Balaban J connectivity index is 1.50. The summed E-state index contributed by atoms with van der Waals surface area (Å²) in [6, 6.07) is 29.4. The summed E-state index contributed by atoms with van der Waals surface area (Å²) in [5.41, 5.74) is 2.23. The molecule has 0 atom stereocenters. The normalized spacial score (nSPS) is 10.9. The predicted octanol–water partition coefficient (Wildman–Crippen LogP) is 6.47. The molecule has 0 saturated heterocycles. The van der Waals surface area contributed by atoms with Gasteiger partial charge in [0, 0.05) is 33.0 Å². The van der Waals surface area contributed by atoms with Gasteiger partial charge in [0.15, 0.2) is 11.6 Å². The molecule has 0 amide bonds. The van der Waals surface area contributed by atoms with Crippen molar-refractivity contribution in [2.45, 2.75) is 0 Å². The Kier molecular flexibility index (Phi) is 5.56. The monoisotopic (exact) mass is 446 g/mol. The molecule has 0 bridgehead atoms. The summed E-state index contributed by atoms with van der Waals surface area (Å²) in [4.78, 5) is 26.6. The molecule has 5 rings (SSSR count). The largest absolute Gasteiger partial charge is 0.496 e. The molecule has 0 aromatic heterocycles. The summed E-state index contributed by atoms with van der Waals surface area (Å²) >= 11 is 0. The highest BCUT2D eigenvalue weighted by Gasteiger charge is 2.17. The van der Waals surface area contributed by atoms with Crippen LogP contribution in [0, 0.1) is 0 Å². The van der Waals surface area contributed by atoms with Crippen molar-refractivity contribution >= 4 is 33.1 Å². The summed E-state index contributed by atoms with van der Waals surface area (Å²) in [6.07, 6.45) is 0. The van der Waals surface area contributed by atoms with Crippen LogP contribution in [0.25, 0.3) is 21.5 Å². The number of methoxy groups -OCH3 is 2. The van der Waals surface area contributed by atoms with E-state index in [0.29, 0.717) is 22.3 Å². The molecule has 34 heavy (non-hydrogen) atoms. The minimum Gasteiger partial charge on any atom is -0.496 e. The number of ketones is 2. The third kappa shape index (κ3) is 3.59. The highest BCUT2D eigenvalue weighted by atomic mass is 16.5. The van der Waals surface area contributed by atoms with Crippen LogP contribution in [0.15, 0.2) is 97.1 Å². The highest BCUT2D eigenvalue weighted by molar-refractivity contribution is 6.19. The molecule has 0 aliphatic heterocycles. The minimum atomic E-state index is -0.104. The summed E-state index contributed by atoms with van der Waals surface area (Å²) in [7, 11) is 3.23. The number of carbonyl (C=O) groups excluding carboxylic acids is 2. The van der Waals surface area contributed by atoms with E-state index in [2.05, 4.69) is 0 Å². The van der Waals surface area contributed by atoms with Crippen LogP contribution in [0.5, 0.6) is 11.5 Å². The van der Waals surface area contributed by atoms with Crippen molar-refractivity contribution in [1.29, 1.82) is 0 Å². The Bertz CT molecular complexity index is 1430. The average molecular weight is 447 g/mol. The van der Waals surface area contributed by atoms with E-state index in [0.717, 1.165) is 33.0 Å². The zero-order chi connectivity index (χ0) is 23.7. The van der Waals surface area contributed by atoms with Crippen molar-refractivity contribution in [3.05, 3.63) is 119 Å². The van der Waals surface area contributed by atoms with E-state index in [1.807, 2.05) is 60.7 Å². The van der Waals surface area contributed by atoms with E-state index in [9.17, 15) is 9.59 Å². The van der Waals surface area contributed by atoms with Gasteiger partial charge in [-0.15, -0.1) is 0 Å². The second-order valence-electron chi connectivity index (χ2n) is 7.96. The van der Waals surface area contributed by atoms with Crippen LogP contribution in [-0.2, 0) is 0 Å². The molecular weight excluding hydrogens is 424 g/mol. The molecule has 4 nitrogen and oxygen atoms in total. The molecule has 4 heteroatoms. The van der Waals surface area contributed by atoms with E-state index < -0.39 is 0 Å². The topological polar surface area (TPSA) is 52.6 Å². The first-order chi connectivity index (χ1) is 16.6. The van der Waals surface area contributed by atoms with Gasteiger partial charge in [-0.05, 0) is 35.0 Å². The number of rotatable bonds is 6. The quantitative estimate of drug-likeness (QED) is 0.281. The van der Waals surface area contributed by atoms with E-state index >= 15 is 0 Å². The summed E-state index contributed by atoms with van der Waals surface area (Å²) < 4.78 is 10.9.